The van der Waals surface area contributed by atoms with E-state index in [2.05, 4.69) is 0 Å². The van der Waals surface area contributed by atoms with E-state index in [1.165, 1.54) is 6.07 Å². The maximum atomic E-state index is 12.3. The van der Waals surface area contributed by atoms with E-state index in [9.17, 15) is 14.9 Å². The Morgan fingerprint density at radius 2 is 2.05 bits per heavy atom. The zero-order valence-electron chi connectivity index (χ0n) is 12.6. The minimum atomic E-state index is -0.565. The molecule has 1 aliphatic heterocycles. The highest BCUT2D eigenvalue weighted by atomic mass is 16.6. The van der Waals surface area contributed by atoms with Crippen LogP contribution in [0.2, 0.25) is 0 Å². The summed E-state index contributed by atoms with van der Waals surface area (Å²) in [7, 11) is 0. The van der Waals surface area contributed by atoms with Crippen molar-refractivity contribution < 1.29 is 14.5 Å². The molecule has 1 aromatic carbocycles. The van der Waals surface area contributed by atoms with E-state index in [0.29, 0.717) is 12.2 Å². The molecule has 0 aliphatic carbocycles. The molecule has 0 aromatic heterocycles. The van der Waals surface area contributed by atoms with E-state index in [0.717, 1.165) is 24.8 Å². The fourth-order valence-corrected chi connectivity index (χ4v) is 2.36. The first-order valence-corrected chi connectivity index (χ1v) is 7.06. The molecular weight excluding hydrogens is 272 g/mol. The van der Waals surface area contributed by atoms with Crippen LogP contribution in [0.1, 0.15) is 39.2 Å². The van der Waals surface area contributed by atoms with Crippen molar-refractivity contribution in [3.05, 3.63) is 33.9 Å². The van der Waals surface area contributed by atoms with Gasteiger partial charge in [-0.1, -0.05) is 0 Å². The van der Waals surface area contributed by atoms with Gasteiger partial charge in [-0.3, -0.25) is 15.0 Å². The molecule has 1 aromatic rings. The maximum Gasteiger partial charge on any atom is 0.414 e. The van der Waals surface area contributed by atoms with Crippen LogP contribution in [0, 0.1) is 10.1 Å². The number of rotatable bonds is 1. The van der Waals surface area contributed by atoms with Gasteiger partial charge in [-0.2, -0.15) is 0 Å². The SMILES string of the molecule is CC(C)(C)OC(=O)N1CCCCc2cc([N+](=O)[O-])ccc21. The number of anilines is 1. The number of non-ortho nitro benzene ring substituents is 1. The average molecular weight is 292 g/mol. The Morgan fingerprint density at radius 1 is 1.33 bits per heavy atom. The Kier molecular flexibility index (Phi) is 4.16. The zero-order valence-corrected chi connectivity index (χ0v) is 12.6. The lowest BCUT2D eigenvalue weighted by atomic mass is 10.1. The predicted molar refractivity (Wildman–Crippen MR) is 79.6 cm³/mol. The number of ether oxygens (including phenoxy) is 1. The second-order valence-electron chi connectivity index (χ2n) is 6.16. The van der Waals surface area contributed by atoms with E-state index >= 15 is 0 Å². The molecule has 0 saturated carbocycles. The summed E-state index contributed by atoms with van der Waals surface area (Å²) in [5, 5.41) is 10.9. The second-order valence-corrected chi connectivity index (χ2v) is 6.16. The van der Waals surface area contributed by atoms with Gasteiger partial charge in [-0.25, -0.2) is 4.79 Å². The monoisotopic (exact) mass is 292 g/mol. The predicted octanol–water partition coefficient (Wildman–Crippen LogP) is 3.67. The summed E-state index contributed by atoms with van der Waals surface area (Å²) in [6.45, 7) is 6.03. The van der Waals surface area contributed by atoms with Crippen LogP contribution in [0.15, 0.2) is 18.2 Å². The zero-order chi connectivity index (χ0) is 15.6. The van der Waals surface area contributed by atoms with E-state index < -0.39 is 16.6 Å². The highest BCUT2D eigenvalue weighted by Crippen LogP contribution is 2.30. The van der Waals surface area contributed by atoms with E-state index in [-0.39, 0.29) is 5.69 Å². The molecule has 0 saturated heterocycles. The molecule has 2 rings (SSSR count). The van der Waals surface area contributed by atoms with Crippen LogP contribution < -0.4 is 4.90 Å². The topological polar surface area (TPSA) is 72.7 Å². The Morgan fingerprint density at radius 3 is 2.67 bits per heavy atom. The number of nitro groups is 1. The van der Waals surface area contributed by atoms with Crippen molar-refractivity contribution in [2.45, 2.75) is 45.6 Å². The summed E-state index contributed by atoms with van der Waals surface area (Å²) in [5.41, 5.74) is 1.03. The first-order valence-electron chi connectivity index (χ1n) is 7.06. The first kappa shape index (κ1) is 15.3. The highest BCUT2D eigenvalue weighted by molar-refractivity contribution is 5.89. The molecule has 0 atom stereocenters. The molecule has 6 nitrogen and oxygen atoms in total. The van der Waals surface area contributed by atoms with Crippen molar-refractivity contribution in [3.8, 4) is 0 Å². The number of aryl methyl sites for hydroxylation is 1. The van der Waals surface area contributed by atoms with Crippen molar-refractivity contribution in [1.29, 1.82) is 0 Å². The number of benzene rings is 1. The number of amides is 1. The molecule has 1 heterocycles. The lowest BCUT2D eigenvalue weighted by Crippen LogP contribution is -2.37. The van der Waals surface area contributed by atoms with Crippen LogP contribution in [0.25, 0.3) is 0 Å². The molecule has 0 spiro atoms. The summed E-state index contributed by atoms with van der Waals surface area (Å²) in [5.74, 6) is 0. The van der Waals surface area contributed by atoms with Gasteiger partial charge < -0.3 is 4.74 Å². The number of carbonyl (C=O) groups excluding carboxylic acids is 1. The van der Waals surface area contributed by atoms with E-state index in [4.69, 9.17) is 4.74 Å². The quantitative estimate of drug-likeness (QED) is 0.584. The van der Waals surface area contributed by atoms with Crippen LogP contribution in [-0.4, -0.2) is 23.2 Å². The Bertz CT molecular complexity index is 563. The number of hydrogen-bond donors (Lipinski definition) is 0. The van der Waals surface area contributed by atoms with Crippen molar-refractivity contribution in [2.75, 3.05) is 11.4 Å². The average Bonchev–Trinajstić information content (AvgIpc) is 2.57. The third kappa shape index (κ3) is 3.71. The molecule has 0 radical (unpaired) electrons. The van der Waals surface area contributed by atoms with Crippen LogP contribution in [0.5, 0.6) is 0 Å². The number of nitro benzene ring substituents is 1. The van der Waals surface area contributed by atoms with Crippen molar-refractivity contribution >= 4 is 17.5 Å². The lowest BCUT2D eigenvalue weighted by Gasteiger charge is -2.27. The van der Waals surface area contributed by atoms with Crippen LogP contribution in [0.4, 0.5) is 16.2 Å². The molecule has 6 heteroatoms. The standard InChI is InChI=1S/C15H20N2O4/c1-15(2,3)21-14(18)16-9-5-4-6-11-10-12(17(19)20)7-8-13(11)16/h7-8,10H,4-6,9H2,1-3H3. The number of nitrogens with zero attached hydrogens (tertiary/aromatic N) is 2. The summed E-state index contributed by atoms with van der Waals surface area (Å²) < 4.78 is 5.42. The number of carbonyl (C=O) groups is 1. The largest absolute Gasteiger partial charge is 0.443 e. The van der Waals surface area contributed by atoms with Crippen molar-refractivity contribution in [2.24, 2.45) is 0 Å². The molecule has 1 aliphatic rings. The molecular formula is C15H20N2O4. The minimum Gasteiger partial charge on any atom is -0.443 e. The highest BCUT2D eigenvalue weighted by Gasteiger charge is 2.27. The molecule has 0 unspecified atom stereocenters. The van der Waals surface area contributed by atoms with Gasteiger partial charge in [0, 0.05) is 18.7 Å². The Balaban J connectivity index is 2.34. The summed E-state index contributed by atoms with van der Waals surface area (Å²) in [6, 6.07) is 4.63. The van der Waals surface area contributed by atoms with Crippen molar-refractivity contribution in [1.82, 2.24) is 0 Å². The van der Waals surface area contributed by atoms with Gasteiger partial charge in [0.05, 0.1) is 10.6 Å². The van der Waals surface area contributed by atoms with Crippen LogP contribution >= 0.6 is 0 Å². The second kappa shape index (κ2) is 5.71. The van der Waals surface area contributed by atoms with Crippen LogP contribution in [-0.2, 0) is 11.2 Å². The van der Waals surface area contributed by atoms with Gasteiger partial charge in [0.25, 0.3) is 5.69 Å². The summed E-state index contributed by atoms with van der Waals surface area (Å²) in [4.78, 5) is 24.4. The van der Waals surface area contributed by atoms with Crippen LogP contribution in [0.3, 0.4) is 0 Å². The third-order valence-electron chi connectivity index (χ3n) is 3.26. The Hall–Kier alpha value is -2.11. The summed E-state index contributed by atoms with van der Waals surface area (Å²) in [6.07, 6.45) is 2.07. The fourth-order valence-electron chi connectivity index (χ4n) is 2.36. The molecule has 0 bridgehead atoms. The van der Waals surface area contributed by atoms with E-state index in [1.807, 2.05) is 20.8 Å². The van der Waals surface area contributed by atoms with Gasteiger partial charge >= 0.3 is 6.09 Å². The fraction of sp³-hybridized carbons (Fsp3) is 0.533. The van der Waals surface area contributed by atoms with Gasteiger partial charge in [0.15, 0.2) is 0 Å². The molecule has 1 amide bonds. The molecule has 0 fully saturated rings. The minimum absolute atomic E-state index is 0.0554. The van der Waals surface area contributed by atoms with Crippen molar-refractivity contribution in [3.63, 3.8) is 0 Å². The number of hydrogen-bond acceptors (Lipinski definition) is 4. The molecule has 0 N–H and O–H groups in total. The smallest absolute Gasteiger partial charge is 0.414 e. The van der Waals surface area contributed by atoms with Gasteiger partial charge in [0.2, 0.25) is 0 Å². The normalized spacial score (nSPS) is 15.1. The Labute approximate surface area is 123 Å². The third-order valence-corrected chi connectivity index (χ3v) is 3.26. The van der Waals surface area contributed by atoms with Gasteiger partial charge in [-0.05, 0) is 51.7 Å². The molecule has 21 heavy (non-hydrogen) atoms. The maximum absolute atomic E-state index is 12.3. The number of fused-ring (bicyclic) bond motifs is 1. The van der Waals surface area contributed by atoms with E-state index in [1.54, 1.807) is 17.0 Å². The molecule has 114 valence electrons. The van der Waals surface area contributed by atoms with Gasteiger partial charge in [0.1, 0.15) is 5.60 Å². The lowest BCUT2D eigenvalue weighted by molar-refractivity contribution is -0.384. The first-order chi connectivity index (χ1) is 9.78. The van der Waals surface area contributed by atoms with Gasteiger partial charge in [-0.15, -0.1) is 0 Å². The summed E-state index contributed by atoms with van der Waals surface area (Å²) >= 11 is 0.